The number of nitrogens with two attached hydrogens (primary N) is 1. The minimum atomic E-state index is -1.03. The lowest BCUT2D eigenvalue weighted by atomic mass is 9.96. The molecule has 0 saturated heterocycles. The molecule has 0 aliphatic heterocycles. The van der Waals surface area contributed by atoms with Crippen molar-refractivity contribution in [2.45, 2.75) is 19.3 Å². The van der Waals surface area contributed by atoms with Crippen molar-refractivity contribution in [3.8, 4) is 0 Å². The molecule has 1 amide bonds. The van der Waals surface area contributed by atoms with Crippen molar-refractivity contribution in [2.75, 3.05) is 19.6 Å². The van der Waals surface area contributed by atoms with Crippen LogP contribution in [0.15, 0.2) is 54.6 Å². The largest absolute Gasteiger partial charge is 0.480 e. The molecule has 0 aliphatic rings. The molecule has 2 rings (SSSR count). The molecule has 2 aromatic rings. The lowest BCUT2D eigenvalue weighted by Gasteiger charge is -2.26. The molecule has 0 radical (unpaired) electrons. The van der Waals surface area contributed by atoms with Gasteiger partial charge in [0.05, 0.1) is 5.92 Å². The fraction of sp³-hybridized carbons (Fsp3) is 0.300. The number of carbonyl (C=O) groups excluding carboxylic acids is 1. The monoisotopic (exact) mass is 340 g/mol. The van der Waals surface area contributed by atoms with E-state index in [1.165, 1.54) is 4.90 Å². The molecule has 5 nitrogen and oxygen atoms in total. The van der Waals surface area contributed by atoms with E-state index in [2.05, 4.69) is 0 Å². The molecular weight excluding hydrogens is 316 g/mol. The molecule has 1 atom stereocenters. The van der Waals surface area contributed by atoms with Crippen LogP contribution in [0.4, 0.5) is 0 Å². The number of carbonyl (C=O) groups is 2. The van der Waals surface area contributed by atoms with Crippen LogP contribution in [-0.2, 0) is 16.0 Å². The lowest BCUT2D eigenvalue weighted by molar-refractivity contribution is -0.145. The molecule has 0 fully saturated rings. The number of carboxylic acid groups (broad SMARTS) is 1. The van der Waals surface area contributed by atoms with E-state index in [0.717, 1.165) is 16.7 Å². The second-order valence-corrected chi connectivity index (χ2v) is 6.09. The summed E-state index contributed by atoms with van der Waals surface area (Å²) in [5.41, 5.74) is 8.76. The number of carboxylic acids is 1. The predicted octanol–water partition coefficient (Wildman–Crippen LogP) is 2.19. The molecule has 0 aliphatic carbocycles. The second-order valence-electron chi connectivity index (χ2n) is 6.09. The molecule has 0 bridgehead atoms. The Morgan fingerprint density at radius 1 is 1.12 bits per heavy atom. The van der Waals surface area contributed by atoms with E-state index in [9.17, 15) is 14.7 Å². The third-order valence-corrected chi connectivity index (χ3v) is 4.13. The molecule has 1 unspecified atom stereocenters. The topological polar surface area (TPSA) is 83.6 Å². The molecule has 132 valence electrons. The molecule has 0 saturated carbocycles. The predicted molar refractivity (Wildman–Crippen MR) is 97.3 cm³/mol. The lowest BCUT2D eigenvalue weighted by Crippen LogP contribution is -2.42. The van der Waals surface area contributed by atoms with Gasteiger partial charge in [-0.2, -0.15) is 0 Å². The van der Waals surface area contributed by atoms with Crippen LogP contribution in [0.3, 0.4) is 0 Å². The standard InChI is InChI=1S/C20H24N2O3/c1-15-6-5-9-17(12-15)18(13-21)20(25)22(14-19(23)24)11-10-16-7-3-2-4-8-16/h2-9,12,18H,10-11,13-14,21H2,1H3,(H,23,24). The molecular formula is C20H24N2O3. The summed E-state index contributed by atoms with van der Waals surface area (Å²) in [5, 5.41) is 9.17. The number of amides is 1. The van der Waals surface area contributed by atoms with Crippen LogP contribution >= 0.6 is 0 Å². The van der Waals surface area contributed by atoms with Gasteiger partial charge in [0.1, 0.15) is 6.54 Å². The van der Waals surface area contributed by atoms with E-state index in [4.69, 9.17) is 5.73 Å². The van der Waals surface area contributed by atoms with Crippen molar-refractivity contribution in [2.24, 2.45) is 5.73 Å². The minimum Gasteiger partial charge on any atom is -0.480 e. The van der Waals surface area contributed by atoms with Crippen LogP contribution in [0, 0.1) is 6.92 Å². The van der Waals surface area contributed by atoms with Gasteiger partial charge in [-0.25, -0.2) is 0 Å². The SMILES string of the molecule is Cc1cccc(C(CN)C(=O)N(CCc2ccccc2)CC(=O)O)c1. The Morgan fingerprint density at radius 3 is 2.44 bits per heavy atom. The summed E-state index contributed by atoms with van der Waals surface area (Å²) in [6.07, 6.45) is 0.602. The number of hydrogen-bond donors (Lipinski definition) is 2. The van der Waals surface area contributed by atoms with Crippen LogP contribution in [0.25, 0.3) is 0 Å². The molecule has 3 N–H and O–H groups in total. The van der Waals surface area contributed by atoms with Crippen LogP contribution in [0.1, 0.15) is 22.6 Å². The van der Waals surface area contributed by atoms with Crippen molar-refractivity contribution in [1.29, 1.82) is 0 Å². The first-order chi connectivity index (χ1) is 12.0. The average molecular weight is 340 g/mol. The number of rotatable bonds is 8. The molecule has 25 heavy (non-hydrogen) atoms. The smallest absolute Gasteiger partial charge is 0.323 e. The zero-order valence-corrected chi connectivity index (χ0v) is 14.4. The first-order valence-electron chi connectivity index (χ1n) is 8.32. The quantitative estimate of drug-likeness (QED) is 0.771. The highest BCUT2D eigenvalue weighted by atomic mass is 16.4. The Balaban J connectivity index is 2.16. The summed E-state index contributed by atoms with van der Waals surface area (Å²) in [7, 11) is 0. The fourth-order valence-corrected chi connectivity index (χ4v) is 2.83. The Morgan fingerprint density at radius 2 is 1.84 bits per heavy atom. The maximum absolute atomic E-state index is 12.9. The summed E-state index contributed by atoms with van der Waals surface area (Å²) in [5.74, 6) is -1.80. The number of benzene rings is 2. The molecule has 5 heteroatoms. The highest BCUT2D eigenvalue weighted by Gasteiger charge is 2.26. The maximum atomic E-state index is 12.9. The van der Waals surface area contributed by atoms with Crippen molar-refractivity contribution in [3.63, 3.8) is 0 Å². The Bertz CT molecular complexity index is 716. The molecule has 0 aromatic heterocycles. The Labute approximate surface area is 148 Å². The van der Waals surface area contributed by atoms with Gasteiger partial charge in [-0.15, -0.1) is 0 Å². The van der Waals surface area contributed by atoms with E-state index in [-0.39, 0.29) is 19.0 Å². The van der Waals surface area contributed by atoms with E-state index in [1.54, 1.807) is 0 Å². The van der Waals surface area contributed by atoms with Gasteiger partial charge in [-0.3, -0.25) is 9.59 Å². The normalized spacial score (nSPS) is 11.8. The van der Waals surface area contributed by atoms with Crippen LogP contribution in [-0.4, -0.2) is 41.5 Å². The van der Waals surface area contributed by atoms with Gasteiger partial charge in [0.2, 0.25) is 5.91 Å². The van der Waals surface area contributed by atoms with Gasteiger partial charge in [0.25, 0.3) is 0 Å². The van der Waals surface area contributed by atoms with Gasteiger partial charge in [0, 0.05) is 13.1 Å². The van der Waals surface area contributed by atoms with Crippen LogP contribution in [0.5, 0.6) is 0 Å². The number of hydrogen-bond acceptors (Lipinski definition) is 3. The van der Waals surface area contributed by atoms with E-state index in [1.807, 2.05) is 61.5 Å². The number of nitrogens with zero attached hydrogens (tertiary/aromatic N) is 1. The summed E-state index contributed by atoms with van der Waals surface area (Å²) >= 11 is 0. The van der Waals surface area contributed by atoms with E-state index < -0.39 is 11.9 Å². The third-order valence-electron chi connectivity index (χ3n) is 4.13. The minimum absolute atomic E-state index is 0.143. The number of aliphatic carboxylic acids is 1. The molecule has 2 aromatic carbocycles. The molecule has 0 spiro atoms. The first kappa shape index (κ1) is 18.7. The Kier molecular flexibility index (Phi) is 6.71. The third kappa shape index (κ3) is 5.43. The fourth-order valence-electron chi connectivity index (χ4n) is 2.83. The van der Waals surface area contributed by atoms with E-state index >= 15 is 0 Å². The number of aryl methyl sites for hydroxylation is 1. The van der Waals surface area contributed by atoms with Crippen molar-refractivity contribution >= 4 is 11.9 Å². The van der Waals surface area contributed by atoms with Crippen LogP contribution in [0.2, 0.25) is 0 Å². The molecule has 0 heterocycles. The van der Waals surface area contributed by atoms with Crippen molar-refractivity contribution in [1.82, 2.24) is 4.90 Å². The van der Waals surface area contributed by atoms with Gasteiger partial charge in [-0.1, -0.05) is 60.2 Å². The summed E-state index contributed by atoms with van der Waals surface area (Å²) in [6, 6.07) is 17.3. The maximum Gasteiger partial charge on any atom is 0.323 e. The first-order valence-corrected chi connectivity index (χ1v) is 8.32. The zero-order chi connectivity index (χ0) is 18.2. The highest BCUT2D eigenvalue weighted by Crippen LogP contribution is 2.19. The zero-order valence-electron chi connectivity index (χ0n) is 14.4. The van der Waals surface area contributed by atoms with Gasteiger partial charge in [0.15, 0.2) is 0 Å². The highest BCUT2D eigenvalue weighted by molar-refractivity contribution is 5.87. The summed E-state index contributed by atoms with van der Waals surface area (Å²) in [6.45, 7) is 2.11. The van der Waals surface area contributed by atoms with Gasteiger partial charge < -0.3 is 15.7 Å². The van der Waals surface area contributed by atoms with Gasteiger partial charge >= 0.3 is 5.97 Å². The van der Waals surface area contributed by atoms with Crippen LogP contribution < -0.4 is 5.73 Å². The summed E-state index contributed by atoms with van der Waals surface area (Å²) < 4.78 is 0. The summed E-state index contributed by atoms with van der Waals surface area (Å²) in [4.78, 5) is 25.5. The van der Waals surface area contributed by atoms with Crippen molar-refractivity contribution in [3.05, 3.63) is 71.3 Å². The Hall–Kier alpha value is -2.66. The van der Waals surface area contributed by atoms with Crippen molar-refractivity contribution < 1.29 is 14.7 Å². The average Bonchev–Trinajstić information content (AvgIpc) is 2.60. The van der Waals surface area contributed by atoms with Gasteiger partial charge in [-0.05, 0) is 24.5 Å². The van der Waals surface area contributed by atoms with E-state index in [0.29, 0.717) is 13.0 Å². The second kappa shape index (κ2) is 8.99.